The Labute approximate surface area is 178 Å². The summed E-state index contributed by atoms with van der Waals surface area (Å²) in [6.07, 6.45) is 4.65. The number of amides is 1. The van der Waals surface area contributed by atoms with Crippen LogP contribution in [0.2, 0.25) is 0 Å². The van der Waals surface area contributed by atoms with E-state index in [0.717, 1.165) is 43.4 Å². The number of anilines is 1. The largest absolute Gasteiger partial charge is 0.462 e. The second-order valence-corrected chi connectivity index (χ2v) is 8.10. The number of ether oxygens (including phenoxy) is 2. The Hall–Kier alpha value is -2.74. The van der Waals surface area contributed by atoms with Crippen molar-refractivity contribution >= 4 is 34.2 Å². The lowest BCUT2D eigenvalue weighted by molar-refractivity contribution is 0.0216. The average Bonchev–Trinajstić information content (AvgIpc) is 3.05. The Morgan fingerprint density at radius 2 is 1.83 bits per heavy atom. The molecule has 0 aliphatic heterocycles. The minimum Gasteiger partial charge on any atom is -0.462 e. The summed E-state index contributed by atoms with van der Waals surface area (Å²) in [4.78, 5) is 38.0. The molecule has 6 nitrogen and oxygen atoms in total. The first kappa shape index (κ1) is 22.0. The Bertz CT molecular complexity index is 949. The van der Waals surface area contributed by atoms with Crippen molar-refractivity contribution in [2.75, 3.05) is 11.9 Å². The summed E-state index contributed by atoms with van der Waals surface area (Å²) in [6.45, 7) is 3.41. The number of carbonyl (C=O) groups excluding carboxylic acids is 3. The van der Waals surface area contributed by atoms with Gasteiger partial charge in [0, 0.05) is 0 Å². The van der Waals surface area contributed by atoms with Crippen LogP contribution in [0.1, 0.15) is 75.0 Å². The number of carbonyl (C=O) groups is 3. The first-order chi connectivity index (χ1) is 14.4. The van der Waals surface area contributed by atoms with Crippen LogP contribution in [0.5, 0.6) is 0 Å². The van der Waals surface area contributed by atoms with Gasteiger partial charge in [0.1, 0.15) is 21.8 Å². The predicted molar refractivity (Wildman–Crippen MR) is 112 cm³/mol. The van der Waals surface area contributed by atoms with E-state index in [4.69, 9.17) is 9.47 Å². The first-order valence-electron chi connectivity index (χ1n) is 9.99. The smallest absolute Gasteiger partial charge is 0.348 e. The van der Waals surface area contributed by atoms with Crippen LogP contribution in [-0.2, 0) is 9.47 Å². The molecule has 1 amide bonds. The van der Waals surface area contributed by atoms with Crippen molar-refractivity contribution < 1.29 is 28.2 Å². The highest BCUT2D eigenvalue weighted by atomic mass is 32.1. The zero-order chi connectivity index (χ0) is 21.7. The molecule has 160 valence electrons. The average molecular weight is 434 g/mol. The third kappa shape index (κ3) is 4.87. The van der Waals surface area contributed by atoms with E-state index in [0.29, 0.717) is 5.56 Å². The van der Waals surface area contributed by atoms with Crippen molar-refractivity contribution in [1.29, 1.82) is 0 Å². The maximum absolute atomic E-state index is 14.0. The van der Waals surface area contributed by atoms with Crippen molar-refractivity contribution in [1.82, 2.24) is 0 Å². The summed E-state index contributed by atoms with van der Waals surface area (Å²) in [5.41, 5.74) is 0.301. The lowest BCUT2D eigenvalue weighted by Crippen LogP contribution is -2.21. The molecule has 1 aliphatic carbocycles. The normalized spacial score (nSPS) is 14.2. The van der Waals surface area contributed by atoms with E-state index in [1.807, 2.05) is 0 Å². The second kappa shape index (κ2) is 9.84. The Kier molecular flexibility index (Phi) is 7.20. The van der Waals surface area contributed by atoms with Gasteiger partial charge in [0.05, 0.1) is 17.7 Å². The molecule has 1 saturated carbocycles. The number of hydrogen-bond donors (Lipinski definition) is 1. The highest BCUT2D eigenvalue weighted by Crippen LogP contribution is 2.35. The molecule has 2 aromatic rings. The molecule has 0 saturated heterocycles. The second-order valence-electron chi connectivity index (χ2n) is 7.08. The molecular weight excluding hydrogens is 409 g/mol. The van der Waals surface area contributed by atoms with Gasteiger partial charge in [0.2, 0.25) is 0 Å². The van der Waals surface area contributed by atoms with E-state index in [2.05, 4.69) is 5.32 Å². The molecule has 30 heavy (non-hydrogen) atoms. The number of thiophene rings is 1. The lowest BCUT2D eigenvalue weighted by atomic mass is 9.98. The minimum atomic E-state index is -0.716. The lowest BCUT2D eigenvalue weighted by Gasteiger charge is -2.21. The molecule has 1 aliphatic rings. The summed E-state index contributed by atoms with van der Waals surface area (Å²) >= 11 is 0.936. The fourth-order valence-corrected chi connectivity index (χ4v) is 4.52. The van der Waals surface area contributed by atoms with E-state index < -0.39 is 23.7 Å². The third-order valence-corrected chi connectivity index (χ3v) is 6.17. The number of nitrogens with one attached hydrogen (secondary N) is 1. The molecule has 0 bridgehead atoms. The highest BCUT2D eigenvalue weighted by molar-refractivity contribution is 7.18. The molecule has 0 atom stereocenters. The number of benzene rings is 1. The Morgan fingerprint density at radius 3 is 2.50 bits per heavy atom. The van der Waals surface area contributed by atoms with Crippen LogP contribution in [0.4, 0.5) is 9.39 Å². The quantitative estimate of drug-likeness (QED) is 0.640. The van der Waals surface area contributed by atoms with E-state index in [1.54, 1.807) is 13.8 Å². The van der Waals surface area contributed by atoms with Gasteiger partial charge in [0.25, 0.3) is 5.91 Å². The van der Waals surface area contributed by atoms with Gasteiger partial charge in [-0.25, -0.2) is 14.0 Å². The molecule has 1 aromatic carbocycles. The SMILES string of the molecule is CCOC(=O)c1c(NC(=O)c2ccccc2F)sc(C(=O)OC2CCCCC2)c1C. The van der Waals surface area contributed by atoms with Gasteiger partial charge in [-0.3, -0.25) is 4.79 Å². The van der Waals surface area contributed by atoms with Gasteiger partial charge >= 0.3 is 11.9 Å². The zero-order valence-electron chi connectivity index (χ0n) is 17.0. The van der Waals surface area contributed by atoms with E-state index in [1.165, 1.54) is 24.3 Å². The van der Waals surface area contributed by atoms with Crippen LogP contribution in [0.25, 0.3) is 0 Å². The van der Waals surface area contributed by atoms with Crippen LogP contribution >= 0.6 is 11.3 Å². The van der Waals surface area contributed by atoms with Gasteiger partial charge in [-0.15, -0.1) is 11.3 Å². The summed E-state index contributed by atoms with van der Waals surface area (Å²) in [6, 6.07) is 5.53. The molecule has 0 spiro atoms. The molecule has 1 fully saturated rings. The van der Waals surface area contributed by atoms with Crippen molar-refractivity contribution in [3.05, 3.63) is 51.7 Å². The molecule has 0 unspecified atom stereocenters. The van der Waals surface area contributed by atoms with Crippen LogP contribution in [0, 0.1) is 12.7 Å². The fraction of sp³-hybridized carbons (Fsp3) is 0.409. The molecule has 1 N–H and O–H groups in total. The topological polar surface area (TPSA) is 81.7 Å². The number of hydrogen-bond acceptors (Lipinski definition) is 6. The van der Waals surface area contributed by atoms with Crippen molar-refractivity contribution in [3.8, 4) is 0 Å². The molecular formula is C22H24FNO5S. The maximum atomic E-state index is 14.0. The Morgan fingerprint density at radius 1 is 1.13 bits per heavy atom. The number of rotatable bonds is 6. The van der Waals surface area contributed by atoms with E-state index in [9.17, 15) is 18.8 Å². The van der Waals surface area contributed by atoms with Crippen molar-refractivity contribution in [3.63, 3.8) is 0 Å². The standard InChI is InChI=1S/C22H24FNO5S/c1-3-28-21(26)17-13(2)18(22(27)29-14-9-5-4-6-10-14)30-20(17)24-19(25)15-11-7-8-12-16(15)23/h7-8,11-12,14H,3-6,9-10H2,1-2H3,(H,24,25). The third-order valence-electron chi connectivity index (χ3n) is 4.98. The summed E-state index contributed by atoms with van der Waals surface area (Å²) in [5, 5.41) is 2.69. The first-order valence-corrected chi connectivity index (χ1v) is 10.8. The van der Waals surface area contributed by atoms with Gasteiger partial charge in [-0.1, -0.05) is 18.6 Å². The fourth-order valence-electron chi connectivity index (χ4n) is 3.45. The summed E-state index contributed by atoms with van der Waals surface area (Å²) < 4.78 is 24.7. The Balaban J connectivity index is 1.90. The van der Waals surface area contributed by atoms with Crippen molar-refractivity contribution in [2.45, 2.75) is 52.1 Å². The molecule has 1 aromatic heterocycles. The van der Waals surface area contributed by atoms with Crippen LogP contribution < -0.4 is 5.32 Å². The minimum absolute atomic E-state index is 0.0853. The van der Waals surface area contributed by atoms with E-state index >= 15 is 0 Å². The van der Waals surface area contributed by atoms with Crippen molar-refractivity contribution in [2.24, 2.45) is 0 Å². The summed E-state index contributed by atoms with van der Waals surface area (Å²) in [5.74, 6) is -2.59. The number of esters is 2. The van der Waals surface area contributed by atoms with Gasteiger partial charge in [0.15, 0.2) is 0 Å². The van der Waals surface area contributed by atoms with Crippen LogP contribution in [0.15, 0.2) is 24.3 Å². The van der Waals surface area contributed by atoms with Gasteiger partial charge in [-0.05, 0) is 57.2 Å². The van der Waals surface area contributed by atoms with Crippen LogP contribution in [-0.4, -0.2) is 30.6 Å². The predicted octanol–water partition coefficient (Wildman–Crippen LogP) is 5.11. The molecule has 3 rings (SSSR count). The number of halogens is 1. The maximum Gasteiger partial charge on any atom is 0.348 e. The summed E-state index contributed by atoms with van der Waals surface area (Å²) in [7, 11) is 0. The molecule has 1 heterocycles. The van der Waals surface area contributed by atoms with Crippen LogP contribution in [0.3, 0.4) is 0 Å². The molecule has 8 heteroatoms. The van der Waals surface area contributed by atoms with Gasteiger partial charge < -0.3 is 14.8 Å². The highest BCUT2D eigenvalue weighted by Gasteiger charge is 2.29. The van der Waals surface area contributed by atoms with E-state index in [-0.39, 0.29) is 33.7 Å². The molecule has 0 radical (unpaired) electrons. The van der Waals surface area contributed by atoms with Gasteiger partial charge in [-0.2, -0.15) is 0 Å². The zero-order valence-corrected chi connectivity index (χ0v) is 17.8. The monoisotopic (exact) mass is 433 g/mol.